The summed E-state index contributed by atoms with van der Waals surface area (Å²) in [4.78, 5) is 24.9. The van der Waals surface area contributed by atoms with Gasteiger partial charge in [-0.25, -0.2) is 0 Å². The van der Waals surface area contributed by atoms with Crippen molar-refractivity contribution >= 4 is 17.6 Å². The lowest BCUT2D eigenvalue weighted by Gasteiger charge is -2.15. The highest BCUT2D eigenvalue weighted by Crippen LogP contribution is 2.28. The van der Waals surface area contributed by atoms with E-state index in [1.54, 1.807) is 16.6 Å². The Morgan fingerprint density at radius 2 is 2.05 bits per heavy atom. The van der Waals surface area contributed by atoms with Gasteiger partial charge in [0.2, 0.25) is 11.8 Å². The van der Waals surface area contributed by atoms with Crippen LogP contribution in [0, 0.1) is 5.92 Å². The molecule has 1 aromatic carbocycles. The molecule has 0 aliphatic carbocycles. The Bertz CT molecular complexity index is 693. The molecule has 1 atom stereocenters. The van der Waals surface area contributed by atoms with E-state index in [0.717, 1.165) is 11.3 Å². The maximum atomic E-state index is 12.1. The fourth-order valence-electron chi connectivity index (χ4n) is 2.58. The fraction of sp³-hybridized carbons (Fsp3) is 0.267. The van der Waals surface area contributed by atoms with Gasteiger partial charge in [-0.15, -0.1) is 0 Å². The molecule has 0 spiro atoms. The molecule has 0 saturated carbocycles. The maximum absolute atomic E-state index is 12.1. The molecule has 6 heteroatoms. The number of carbonyl (C=O) groups is 2. The highest BCUT2D eigenvalue weighted by atomic mass is 16.2. The van der Waals surface area contributed by atoms with Gasteiger partial charge in [-0.3, -0.25) is 19.2 Å². The van der Waals surface area contributed by atoms with Gasteiger partial charge in [-0.2, -0.15) is 5.10 Å². The van der Waals surface area contributed by atoms with Crippen LogP contribution >= 0.6 is 0 Å². The molecular weight excluding hydrogens is 268 g/mol. The van der Waals surface area contributed by atoms with E-state index in [9.17, 15) is 9.59 Å². The van der Waals surface area contributed by atoms with Crippen LogP contribution in [-0.4, -0.2) is 28.1 Å². The Balaban J connectivity index is 1.92. The number of rotatable bonds is 3. The van der Waals surface area contributed by atoms with Crippen molar-refractivity contribution in [2.75, 3.05) is 11.4 Å². The molecule has 1 aliphatic rings. The van der Waals surface area contributed by atoms with Crippen LogP contribution in [0.15, 0.2) is 36.4 Å². The minimum atomic E-state index is -0.434. The second-order valence-electron chi connectivity index (χ2n) is 5.19. The molecule has 2 heterocycles. The monoisotopic (exact) mass is 284 g/mol. The Labute approximate surface area is 122 Å². The third-order valence-electron chi connectivity index (χ3n) is 3.73. The molecule has 0 radical (unpaired) electrons. The Morgan fingerprint density at radius 1 is 1.33 bits per heavy atom. The summed E-state index contributed by atoms with van der Waals surface area (Å²) in [6.07, 6.45) is 0.168. The number of anilines is 1. The third kappa shape index (κ3) is 2.40. The minimum absolute atomic E-state index is 0.0959. The average Bonchev–Trinajstić information content (AvgIpc) is 3.03. The summed E-state index contributed by atoms with van der Waals surface area (Å²) in [7, 11) is 1.78. The molecule has 21 heavy (non-hydrogen) atoms. The van der Waals surface area contributed by atoms with Crippen molar-refractivity contribution in [3.8, 4) is 11.3 Å². The van der Waals surface area contributed by atoms with E-state index < -0.39 is 11.8 Å². The van der Waals surface area contributed by atoms with E-state index in [1.807, 2.05) is 36.4 Å². The lowest BCUT2D eigenvalue weighted by molar-refractivity contribution is -0.123. The lowest BCUT2D eigenvalue weighted by atomic mass is 10.1. The average molecular weight is 284 g/mol. The van der Waals surface area contributed by atoms with E-state index >= 15 is 0 Å². The van der Waals surface area contributed by atoms with E-state index in [-0.39, 0.29) is 12.3 Å². The largest absolute Gasteiger partial charge is 0.369 e. The van der Waals surface area contributed by atoms with Crippen LogP contribution in [0.5, 0.6) is 0 Å². The molecule has 1 fully saturated rings. The smallest absolute Gasteiger partial charge is 0.229 e. The summed E-state index contributed by atoms with van der Waals surface area (Å²) in [5, 5.41) is 4.44. The van der Waals surface area contributed by atoms with Gasteiger partial charge in [-0.1, -0.05) is 30.3 Å². The molecule has 108 valence electrons. The number of primary amides is 1. The number of hydrogen-bond acceptors (Lipinski definition) is 3. The highest BCUT2D eigenvalue weighted by Gasteiger charge is 2.35. The van der Waals surface area contributed by atoms with Crippen molar-refractivity contribution in [2.45, 2.75) is 6.42 Å². The zero-order valence-corrected chi connectivity index (χ0v) is 11.7. The van der Waals surface area contributed by atoms with Gasteiger partial charge in [0.15, 0.2) is 0 Å². The predicted octanol–water partition coefficient (Wildman–Crippen LogP) is 0.925. The third-order valence-corrected chi connectivity index (χ3v) is 3.73. The number of aromatic nitrogens is 2. The molecule has 1 unspecified atom stereocenters. The van der Waals surface area contributed by atoms with Crippen LogP contribution in [0.1, 0.15) is 6.42 Å². The summed E-state index contributed by atoms with van der Waals surface area (Å²) >= 11 is 0. The Kier molecular flexibility index (Phi) is 3.21. The summed E-state index contributed by atoms with van der Waals surface area (Å²) in [6.45, 7) is 0.321. The maximum Gasteiger partial charge on any atom is 0.229 e. The fourth-order valence-corrected chi connectivity index (χ4v) is 2.58. The second-order valence-corrected chi connectivity index (χ2v) is 5.19. The number of benzene rings is 1. The topological polar surface area (TPSA) is 81.2 Å². The van der Waals surface area contributed by atoms with E-state index in [4.69, 9.17) is 5.73 Å². The molecule has 3 rings (SSSR count). The second kappa shape index (κ2) is 5.05. The van der Waals surface area contributed by atoms with Crippen LogP contribution in [-0.2, 0) is 16.6 Å². The van der Waals surface area contributed by atoms with Crippen molar-refractivity contribution in [3.63, 3.8) is 0 Å². The lowest BCUT2D eigenvalue weighted by Crippen LogP contribution is -2.29. The zero-order valence-electron chi connectivity index (χ0n) is 11.7. The first-order valence-corrected chi connectivity index (χ1v) is 6.75. The van der Waals surface area contributed by atoms with Crippen molar-refractivity contribution in [2.24, 2.45) is 18.7 Å². The molecule has 1 aromatic heterocycles. The van der Waals surface area contributed by atoms with Crippen LogP contribution in [0.25, 0.3) is 11.3 Å². The number of carbonyl (C=O) groups excluding carboxylic acids is 2. The van der Waals surface area contributed by atoms with E-state index in [0.29, 0.717) is 12.4 Å². The predicted molar refractivity (Wildman–Crippen MR) is 78.3 cm³/mol. The molecule has 1 saturated heterocycles. The van der Waals surface area contributed by atoms with E-state index in [2.05, 4.69) is 5.10 Å². The highest BCUT2D eigenvalue weighted by molar-refractivity contribution is 5.99. The molecule has 6 nitrogen and oxygen atoms in total. The van der Waals surface area contributed by atoms with Crippen LogP contribution < -0.4 is 10.6 Å². The van der Waals surface area contributed by atoms with Gasteiger partial charge >= 0.3 is 0 Å². The number of nitrogens with zero attached hydrogens (tertiary/aromatic N) is 3. The van der Waals surface area contributed by atoms with Gasteiger partial charge in [0.05, 0.1) is 11.6 Å². The van der Waals surface area contributed by atoms with Crippen molar-refractivity contribution in [1.29, 1.82) is 0 Å². The van der Waals surface area contributed by atoms with Gasteiger partial charge in [-0.05, 0) is 0 Å². The number of aryl methyl sites for hydroxylation is 1. The zero-order chi connectivity index (χ0) is 15.0. The summed E-state index contributed by atoms with van der Waals surface area (Å²) in [5.41, 5.74) is 7.07. The molecule has 0 bridgehead atoms. The SMILES string of the molecule is Cn1nc(-c2ccccc2)cc1N1CC(C(N)=O)CC1=O. The first-order valence-electron chi connectivity index (χ1n) is 6.75. The molecule has 2 aromatic rings. The van der Waals surface area contributed by atoms with Gasteiger partial charge in [0.25, 0.3) is 0 Å². The van der Waals surface area contributed by atoms with E-state index in [1.165, 1.54) is 0 Å². The minimum Gasteiger partial charge on any atom is -0.369 e. The number of hydrogen-bond donors (Lipinski definition) is 1. The summed E-state index contributed by atoms with van der Waals surface area (Å²) < 4.78 is 1.66. The first kappa shape index (κ1) is 13.4. The van der Waals surface area contributed by atoms with Crippen LogP contribution in [0.3, 0.4) is 0 Å². The van der Waals surface area contributed by atoms with Crippen molar-refractivity contribution < 1.29 is 9.59 Å². The molecule has 1 aliphatic heterocycles. The number of nitrogens with two attached hydrogens (primary N) is 1. The molecular formula is C15H16N4O2. The van der Waals surface area contributed by atoms with Crippen molar-refractivity contribution in [3.05, 3.63) is 36.4 Å². The molecule has 2 N–H and O–H groups in total. The summed E-state index contributed by atoms with van der Waals surface area (Å²) in [5.74, 6) is -0.270. The Morgan fingerprint density at radius 3 is 2.67 bits per heavy atom. The Hall–Kier alpha value is -2.63. The van der Waals surface area contributed by atoms with Crippen molar-refractivity contribution in [1.82, 2.24) is 9.78 Å². The summed E-state index contributed by atoms with van der Waals surface area (Å²) in [6, 6.07) is 11.6. The normalized spacial score (nSPS) is 18.2. The first-order chi connectivity index (χ1) is 10.1. The molecule has 2 amide bonds. The van der Waals surface area contributed by atoms with Gasteiger partial charge < -0.3 is 5.73 Å². The van der Waals surface area contributed by atoms with Crippen LogP contribution in [0.4, 0.5) is 5.82 Å². The standard InChI is InChI=1S/C15H16N4O2/c1-18-13(19-9-11(15(16)21)7-14(19)20)8-12(17-18)10-5-3-2-4-6-10/h2-6,8,11H,7,9H2,1H3,(H2,16,21). The van der Waals surface area contributed by atoms with Gasteiger partial charge in [0.1, 0.15) is 5.82 Å². The van der Waals surface area contributed by atoms with Crippen LogP contribution in [0.2, 0.25) is 0 Å². The van der Waals surface area contributed by atoms with Gasteiger partial charge in [0, 0.05) is 31.6 Å². The quantitative estimate of drug-likeness (QED) is 0.910. The number of amides is 2.